The number of para-hydroxylation sites is 1. The quantitative estimate of drug-likeness (QED) is 0.267. The molecule has 0 saturated carbocycles. The van der Waals surface area contributed by atoms with Gasteiger partial charge in [0.15, 0.2) is 0 Å². The molecule has 1 aromatic carbocycles. The van der Waals surface area contributed by atoms with E-state index < -0.39 is 36.0 Å². The van der Waals surface area contributed by atoms with Crippen molar-refractivity contribution >= 4 is 34.5 Å². The van der Waals surface area contributed by atoms with Gasteiger partial charge < -0.3 is 30.8 Å². The Kier molecular flexibility index (Phi) is 12.3. The summed E-state index contributed by atoms with van der Waals surface area (Å²) >= 11 is 0. The zero-order chi connectivity index (χ0) is 32.5. The van der Waals surface area contributed by atoms with Crippen LogP contribution in [0, 0.1) is 5.92 Å². The van der Waals surface area contributed by atoms with Crippen LogP contribution in [-0.2, 0) is 25.6 Å². The number of nitrogens with one attached hydrogen (secondary N) is 3. The standard InChI is InChI=1S/C34H51N5O6/c1-5-22(3)30-34(44)38-19-13-12-18-29(38)33(43)35-26(16-9-7-8-14-24(40)6-2)31(41)36-27(32(42)37-30)20-23-21-39(45-4)28-17-11-10-15-25(23)28/h10-11,15,17,21-22,24,26-27,29-30,40H,5-9,12-14,16,18-20H2,1-4H3,(H,35,43)(H,36,41)(H,37,42)/t22?,24-,26+,27+,29-,30+/m1/s1. The monoisotopic (exact) mass is 625 g/mol. The van der Waals surface area contributed by atoms with E-state index in [4.69, 9.17) is 4.84 Å². The second-order valence-corrected chi connectivity index (χ2v) is 12.6. The van der Waals surface area contributed by atoms with Crippen molar-refractivity contribution in [2.45, 2.75) is 122 Å². The first kappa shape index (κ1) is 34.3. The fourth-order valence-electron chi connectivity index (χ4n) is 6.46. The van der Waals surface area contributed by atoms with Crippen LogP contribution in [0.25, 0.3) is 10.9 Å². The summed E-state index contributed by atoms with van der Waals surface area (Å²) in [5.74, 6) is -1.64. The third kappa shape index (κ3) is 8.36. The number of unbranched alkanes of at least 4 members (excludes halogenated alkanes) is 2. The van der Waals surface area contributed by atoms with E-state index in [9.17, 15) is 24.3 Å². The summed E-state index contributed by atoms with van der Waals surface area (Å²) in [5.41, 5.74) is 1.63. The van der Waals surface area contributed by atoms with Gasteiger partial charge in [0.25, 0.3) is 0 Å². The van der Waals surface area contributed by atoms with Crippen molar-refractivity contribution in [3.05, 3.63) is 36.0 Å². The van der Waals surface area contributed by atoms with E-state index in [0.29, 0.717) is 45.1 Å². The molecule has 0 bridgehead atoms. The Balaban J connectivity index is 1.66. The molecule has 2 aromatic rings. The first-order valence-corrected chi connectivity index (χ1v) is 16.7. The zero-order valence-corrected chi connectivity index (χ0v) is 27.2. The molecule has 1 aromatic heterocycles. The average Bonchev–Trinajstić information content (AvgIpc) is 3.41. The Bertz CT molecular complexity index is 1330. The lowest BCUT2D eigenvalue weighted by molar-refractivity contribution is -0.147. The number of nitrogens with zero attached hydrogens (tertiary/aromatic N) is 2. The van der Waals surface area contributed by atoms with Crippen molar-refractivity contribution < 1.29 is 29.1 Å². The van der Waals surface area contributed by atoms with Gasteiger partial charge in [-0.05, 0) is 56.1 Å². The van der Waals surface area contributed by atoms with Crippen molar-refractivity contribution in [3.63, 3.8) is 0 Å². The topological polar surface area (TPSA) is 142 Å². The predicted molar refractivity (Wildman–Crippen MR) is 172 cm³/mol. The summed E-state index contributed by atoms with van der Waals surface area (Å²) in [6.07, 6.45) is 8.40. The molecule has 6 atom stereocenters. The second-order valence-electron chi connectivity index (χ2n) is 12.6. The number of aromatic nitrogens is 1. The summed E-state index contributed by atoms with van der Waals surface area (Å²) < 4.78 is 1.63. The molecular weight excluding hydrogens is 574 g/mol. The van der Waals surface area contributed by atoms with Crippen LogP contribution in [0.15, 0.2) is 30.5 Å². The molecule has 4 amide bonds. The Hall–Kier alpha value is -3.60. The minimum Gasteiger partial charge on any atom is -0.417 e. The summed E-state index contributed by atoms with van der Waals surface area (Å²) in [7, 11) is 1.56. The second kappa shape index (κ2) is 16.1. The number of piperidine rings is 1. The summed E-state index contributed by atoms with van der Waals surface area (Å²) in [6, 6.07) is 4.28. The molecular formula is C34H51N5O6. The number of fused-ring (bicyclic) bond motifs is 2. The number of benzene rings is 1. The SMILES string of the molecule is CCC(C)[C@@H]1NC(=O)[C@H](Cc2cn(OC)c3ccccc23)NC(=O)[C@H](CCCCC[C@H](O)CC)NC(=O)[C@H]2CCCCN2C1=O. The molecule has 0 radical (unpaired) electrons. The van der Waals surface area contributed by atoms with E-state index in [0.717, 1.165) is 42.1 Å². The fourth-order valence-corrected chi connectivity index (χ4v) is 6.46. The molecule has 2 aliphatic rings. The van der Waals surface area contributed by atoms with Crippen molar-refractivity contribution in [2.75, 3.05) is 13.7 Å². The van der Waals surface area contributed by atoms with E-state index >= 15 is 0 Å². The number of aliphatic hydroxyl groups is 1. The molecule has 11 nitrogen and oxygen atoms in total. The maximum atomic E-state index is 14.0. The third-order valence-electron chi connectivity index (χ3n) is 9.51. The lowest BCUT2D eigenvalue weighted by atomic mass is 9.93. The van der Waals surface area contributed by atoms with Gasteiger partial charge in [-0.2, -0.15) is 4.73 Å². The Morgan fingerprint density at radius 3 is 2.40 bits per heavy atom. The van der Waals surface area contributed by atoms with Crippen molar-refractivity contribution in [1.29, 1.82) is 0 Å². The molecule has 0 aliphatic carbocycles. The highest BCUT2D eigenvalue weighted by Crippen LogP contribution is 2.24. The lowest BCUT2D eigenvalue weighted by Gasteiger charge is -2.39. The minimum atomic E-state index is -0.997. The number of carbonyl (C=O) groups is 4. The van der Waals surface area contributed by atoms with Crippen LogP contribution in [0.4, 0.5) is 0 Å². The van der Waals surface area contributed by atoms with Crippen LogP contribution in [-0.4, -0.2) is 82.3 Å². The van der Waals surface area contributed by atoms with Gasteiger partial charge >= 0.3 is 0 Å². The van der Waals surface area contributed by atoms with E-state index in [1.165, 1.54) is 0 Å². The van der Waals surface area contributed by atoms with Gasteiger partial charge in [-0.3, -0.25) is 19.2 Å². The van der Waals surface area contributed by atoms with Crippen molar-refractivity contribution in [2.24, 2.45) is 5.92 Å². The number of carbonyl (C=O) groups excluding carboxylic acids is 4. The fraction of sp³-hybridized carbons (Fsp3) is 0.647. The van der Waals surface area contributed by atoms with Gasteiger partial charge in [0.2, 0.25) is 23.6 Å². The third-order valence-corrected chi connectivity index (χ3v) is 9.51. The minimum absolute atomic E-state index is 0.164. The molecule has 11 heteroatoms. The first-order chi connectivity index (χ1) is 21.7. The average molecular weight is 626 g/mol. The molecule has 2 aliphatic heterocycles. The highest BCUT2D eigenvalue weighted by molar-refractivity contribution is 5.98. The van der Waals surface area contributed by atoms with Gasteiger partial charge in [-0.1, -0.05) is 64.7 Å². The van der Waals surface area contributed by atoms with Crippen LogP contribution < -0.4 is 20.8 Å². The number of aliphatic hydroxyl groups excluding tert-OH is 1. The normalized spacial score (nSPS) is 24.5. The maximum Gasteiger partial charge on any atom is 0.246 e. The predicted octanol–water partition coefficient (Wildman–Crippen LogP) is 2.86. The molecule has 3 heterocycles. The first-order valence-electron chi connectivity index (χ1n) is 16.7. The van der Waals surface area contributed by atoms with Crippen LogP contribution in [0.5, 0.6) is 0 Å². The van der Waals surface area contributed by atoms with Gasteiger partial charge in [-0.25, -0.2) is 0 Å². The number of hydrogen-bond acceptors (Lipinski definition) is 6. The molecule has 2 fully saturated rings. The summed E-state index contributed by atoms with van der Waals surface area (Å²) in [6.45, 7) is 6.26. The van der Waals surface area contributed by atoms with E-state index in [-0.39, 0.29) is 30.3 Å². The van der Waals surface area contributed by atoms with Crippen molar-refractivity contribution in [1.82, 2.24) is 25.6 Å². The number of amides is 4. The van der Waals surface area contributed by atoms with Crippen LogP contribution >= 0.6 is 0 Å². The van der Waals surface area contributed by atoms with Gasteiger partial charge in [0.05, 0.1) is 11.6 Å². The molecule has 45 heavy (non-hydrogen) atoms. The van der Waals surface area contributed by atoms with E-state index in [1.54, 1.807) is 22.9 Å². The Labute approximate surface area is 266 Å². The molecule has 2 saturated heterocycles. The summed E-state index contributed by atoms with van der Waals surface area (Å²) in [5, 5.41) is 19.7. The van der Waals surface area contributed by atoms with Gasteiger partial charge in [-0.15, -0.1) is 0 Å². The van der Waals surface area contributed by atoms with Crippen LogP contribution in [0.2, 0.25) is 0 Å². The largest absolute Gasteiger partial charge is 0.417 e. The Morgan fingerprint density at radius 1 is 0.933 bits per heavy atom. The van der Waals surface area contributed by atoms with Gasteiger partial charge in [0.1, 0.15) is 31.3 Å². The molecule has 1 unspecified atom stereocenters. The zero-order valence-electron chi connectivity index (χ0n) is 27.2. The molecule has 4 rings (SSSR count). The Morgan fingerprint density at radius 2 is 1.67 bits per heavy atom. The molecule has 0 spiro atoms. The van der Waals surface area contributed by atoms with E-state index in [2.05, 4.69) is 16.0 Å². The van der Waals surface area contributed by atoms with Crippen LogP contribution in [0.3, 0.4) is 0 Å². The van der Waals surface area contributed by atoms with Gasteiger partial charge in [0, 0.05) is 24.5 Å². The van der Waals surface area contributed by atoms with E-state index in [1.807, 2.05) is 45.0 Å². The lowest BCUT2D eigenvalue weighted by Crippen LogP contribution is -2.64. The maximum absolute atomic E-state index is 14.0. The summed E-state index contributed by atoms with van der Waals surface area (Å²) in [4.78, 5) is 62.8. The highest BCUT2D eigenvalue weighted by Gasteiger charge is 2.40. The highest BCUT2D eigenvalue weighted by atomic mass is 16.6. The smallest absolute Gasteiger partial charge is 0.246 e. The number of rotatable bonds is 12. The van der Waals surface area contributed by atoms with Crippen molar-refractivity contribution in [3.8, 4) is 0 Å². The molecule has 248 valence electrons. The van der Waals surface area contributed by atoms with Crippen LogP contribution in [0.1, 0.15) is 90.5 Å². The molecule has 4 N–H and O–H groups in total. The number of hydrogen-bond donors (Lipinski definition) is 4.